The molecular formula is C14H11N3O2S2. The Labute approximate surface area is 128 Å². The van der Waals surface area contributed by atoms with Crippen LogP contribution in [0.1, 0.15) is 0 Å². The van der Waals surface area contributed by atoms with Crippen LogP contribution in [0.4, 0.5) is 0 Å². The molecule has 0 saturated heterocycles. The van der Waals surface area contributed by atoms with Gasteiger partial charge in [-0.3, -0.25) is 14.6 Å². The van der Waals surface area contributed by atoms with Crippen LogP contribution in [-0.2, 0) is 11.3 Å². The van der Waals surface area contributed by atoms with Crippen LogP contribution in [0.5, 0.6) is 0 Å². The van der Waals surface area contributed by atoms with Crippen molar-refractivity contribution < 1.29 is 4.79 Å². The number of aromatic amines is 1. The smallest absolute Gasteiger partial charge is 0.252 e. The molecule has 21 heavy (non-hydrogen) atoms. The summed E-state index contributed by atoms with van der Waals surface area (Å²) in [5, 5.41) is 1.08. The van der Waals surface area contributed by atoms with E-state index in [0.717, 1.165) is 15.0 Å². The predicted octanol–water partition coefficient (Wildman–Crippen LogP) is 2.27. The number of carbonyl (C=O) groups is 1. The number of fused-ring (bicyclic) bond motifs is 1. The third kappa shape index (κ3) is 2.65. The van der Waals surface area contributed by atoms with E-state index >= 15 is 0 Å². The van der Waals surface area contributed by atoms with Crippen molar-refractivity contribution in [3.05, 3.63) is 51.5 Å². The van der Waals surface area contributed by atoms with E-state index in [9.17, 15) is 9.59 Å². The summed E-state index contributed by atoms with van der Waals surface area (Å²) in [5.41, 5.74) is 5.56. The number of thiophene rings is 1. The minimum Gasteiger partial charge on any atom is -0.368 e. The van der Waals surface area contributed by atoms with Gasteiger partial charge in [0.05, 0.1) is 10.6 Å². The highest BCUT2D eigenvalue weighted by Gasteiger charge is 2.11. The van der Waals surface area contributed by atoms with Gasteiger partial charge in [-0.05, 0) is 29.7 Å². The van der Waals surface area contributed by atoms with Gasteiger partial charge >= 0.3 is 0 Å². The summed E-state index contributed by atoms with van der Waals surface area (Å²) < 4.78 is 2.84. The Morgan fingerprint density at radius 3 is 2.81 bits per heavy atom. The van der Waals surface area contributed by atoms with Gasteiger partial charge in [-0.2, -0.15) is 0 Å². The van der Waals surface area contributed by atoms with Crippen molar-refractivity contribution in [2.24, 2.45) is 5.73 Å². The third-order valence-corrected chi connectivity index (χ3v) is 4.49. The molecule has 106 valence electrons. The molecule has 3 N–H and O–H groups in total. The molecule has 7 heteroatoms. The van der Waals surface area contributed by atoms with Gasteiger partial charge in [-0.1, -0.05) is 18.2 Å². The quantitative estimate of drug-likeness (QED) is 0.727. The first kappa shape index (κ1) is 13.7. The van der Waals surface area contributed by atoms with Crippen LogP contribution in [0, 0.1) is 4.77 Å². The molecule has 1 amide bonds. The zero-order valence-electron chi connectivity index (χ0n) is 10.8. The van der Waals surface area contributed by atoms with E-state index in [1.807, 2.05) is 30.3 Å². The van der Waals surface area contributed by atoms with Gasteiger partial charge in [0.25, 0.3) is 5.56 Å². The molecule has 3 rings (SSSR count). The molecule has 0 aliphatic heterocycles. The summed E-state index contributed by atoms with van der Waals surface area (Å²) in [7, 11) is 0. The fourth-order valence-electron chi connectivity index (χ4n) is 2.15. The lowest BCUT2D eigenvalue weighted by molar-refractivity contribution is -0.118. The summed E-state index contributed by atoms with van der Waals surface area (Å²) in [6.45, 7) is -0.0702. The lowest BCUT2D eigenvalue weighted by atomic mass is 10.2. The van der Waals surface area contributed by atoms with Crippen LogP contribution < -0.4 is 11.3 Å². The largest absolute Gasteiger partial charge is 0.368 e. The standard InChI is InChI=1S/C14H11N3O2S2/c15-12(18)7-17-9(6-13(19)16-14(17)20)11-5-8-3-1-2-4-10(8)21-11/h1-6H,7H2,(H2,15,18)(H,16,19,20). The van der Waals surface area contributed by atoms with Gasteiger partial charge in [0.15, 0.2) is 4.77 Å². The van der Waals surface area contributed by atoms with Gasteiger partial charge in [-0.15, -0.1) is 11.3 Å². The zero-order chi connectivity index (χ0) is 15.0. The lowest BCUT2D eigenvalue weighted by Gasteiger charge is -2.09. The van der Waals surface area contributed by atoms with Crippen LogP contribution in [-0.4, -0.2) is 15.5 Å². The minimum atomic E-state index is -0.513. The van der Waals surface area contributed by atoms with Crippen molar-refractivity contribution in [3.8, 4) is 10.6 Å². The summed E-state index contributed by atoms with van der Waals surface area (Å²) in [6, 6.07) is 11.3. The summed E-state index contributed by atoms with van der Waals surface area (Å²) >= 11 is 6.67. The molecule has 0 fully saturated rings. The molecule has 0 aliphatic rings. The van der Waals surface area contributed by atoms with E-state index in [1.165, 1.54) is 17.4 Å². The first-order valence-electron chi connectivity index (χ1n) is 6.16. The molecule has 0 radical (unpaired) electrons. The first-order valence-corrected chi connectivity index (χ1v) is 7.38. The van der Waals surface area contributed by atoms with Gasteiger partial charge in [0, 0.05) is 10.8 Å². The van der Waals surface area contributed by atoms with Gasteiger partial charge in [0.1, 0.15) is 6.54 Å². The van der Waals surface area contributed by atoms with E-state index in [4.69, 9.17) is 18.0 Å². The molecule has 5 nitrogen and oxygen atoms in total. The number of H-pyrrole nitrogens is 1. The van der Waals surface area contributed by atoms with E-state index < -0.39 is 5.91 Å². The Morgan fingerprint density at radius 1 is 1.33 bits per heavy atom. The third-order valence-electron chi connectivity index (χ3n) is 3.03. The van der Waals surface area contributed by atoms with Crippen molar-refractivity contribution in [1.82, 2.24) is 9.55 Å². The molecule has 3 aromatic rings. The zero-order valence-corrected chi connectivity index (χ0v) is 12.5. The fourth-order valence-corrected chi connectivity index (χ4v) is 3.50. The average molecular weight is 317 g/mol. The van der Waals surface area contributed by atoms with E-state index in [0.29, 0.717) is 5.69 Å². The number of nitrogens with two attached hydrogens (primary N) is 1. The summed E-state index contributed by atoms with van der Waals surface area (Å²) in [5.74, 6) is -0.513. The van der Waals surface area contributed by atoms with Gasteiger partial charge in [-0.25, -0.2) is 0 Å². The number of nitrogens with one attached hydrogen (secondary N) is 1. The van der Waals surface area contributed by atoms with Crippen molar-refractivity contribution in [1.29, 1.82) is 0 Å². The number of hydrogen-bond donors (Lipinski definition) is 2. The van der Waals surface area contributed by atoms with Gasteiger partial charge < -0.3 is 10.3 Å². The Balaban J connectivity index is 2.27. The normalized spacial score (nSPS) is 10.9. The second-order valence-electron chi connectivity index (χ2n) is 4.52. The second-order valence-corrected chi connectivity index (χ2v) is 6.00. The van der Waals surface area contributed by atoms with Crippen molar-refractivity contribution in [2.75, 3.05) is 0 Å². The monoisotopic (exact) mass is 317 g/mol. The topological polar surface area (TPSA) is 80.9 Å². The number of benzene rings is 1. The van der Waals surface area contributed by atoms with E-state index in [-0.39, 0.29) is 16.9 Å². The number of amides is 1. The maximum atomic E-state index is 11.7. The molecule has 0 spiro atoms. The molecule has 0 saturated carbocycles. The Hall–Kier alpha value is -2.25. The maximum Gasteiger partial charge on any atom is 0.252 e. The SMILES string of the molecule is NC(=O)Cn1c(-c2cc3ccccc3s2)cc(=O)[nH]c1=S. The first-order chi connectivity index (χ1) is 10.0. The molecule has 0 unspecified atom stereocenters. The number of rotatable bonds is 3. The predicted molar refractivity (Wildman–Crippen MR) is 85.9 cm³/mol. The number of aromatic nitrogens is 2. The second kappa shape index (κ2) is 5.27. The van der Waals surface area contributed by atoms with Crippen LogP contribution in [0.3, 0.4) is 0 Å². The van der Waals surface area contributed by atoms with Gasteiger partial charge in [0.2, 0.25) is 5.91 Å². The van der Waals surface area contributed by atoms with E-state index in [1.54, 1.807) is 4.57 Å². The maximum absolute atomic E-state index is 11.7. The Kier molecular flexibility index (Phi) is 3.44. The number of hydrogen-bond acceptors (Lipinski definition) is 4. The number of nitrogens with zero attached hydrogens (tertiary/aromatic N) is 1. The Bertz CT molecular complexity index is 919. The molecule has 2 aromatic heterocycles. The van der Waals surface area contributed by atoms with Crippen LogP contribution >= 0.6 is 23.6 Å². The van der Waals surface area contributed by atoms with Crippen LogP contribution in [0.25, 0.3) is 20.7 Å². The number of carbonyl (C=O) groups excluding carboxylic acids is 1. The Morgan fingerprint density at radius 2 is 2.10 bits per heavy atom. The van der Waals surface area contributed by atoms with E-state index in [2.05, 4.69) is 4.98 Å². The molecule has 2 heterocycles. The average Bonchev–Trinajstić information content (AvgIpc) is 2.84. The highest BCUT2D eigenvalue weighted by atomic mass is 32.1. The number of primary amides is 1. The van der Waals surface area contributed by atoms with Crippen LogP contribution in [0.15, 0.2) is 41.2 Å². The van der Waals surface area contributed by atoms with Crippen molar-refractivity contribution >= 4 is 39.5 Å². The summed E-state index contributed by atoms with van der Waals surface area (Å²) in [4.78, 5) is 26.3. The molecular weight excluding hydrogens is 306 g/mol. The van der Waals surface area contributed by atoms with Crippen molar-refractivity contribution in [2.45, 2.75) is 6.54 Å². The highest BCUT2D eigenvalue weighted by molar-refractivity contribution is 7.71. The van der Waals surface area contributed by atoms with Crippen LogP contribution in [0.2, 0.25) is 0 Å². The molecule has 1 aromatic carbocycles. The fraction of sp³-hybridized carbons (Fsp3) is 0.0714. The minimum absolute atomic E-state index is 0.0702. The highest BCUT2D eigenvalue weighted by Crippen LogP contribution is 2.32. The molecule has 0 aliphatic carbocycles. The summed E-state index contributed by atoms with van der Waals surface area (Å²) in [6.07, 6.45) is 0. The van der Waals surface area contributed by atoms with Crippen molar-refractivity contribution in [3.63, 3.8) is 0 Å². The molecule has 0 bridgehead atoms. The lowest BCUT2D eigenvalue weighted by Crippen LogP contribution is -2.23. The molecule has 0 atom stereocenters.